The Morgan fingerprint density at radius 2 is 1.57 bits per heavy atom. The van der Waals surface area contributed by atoms with Gasteiger partial charge in [0.25, 0.3) is 0 Å². The zero-order valence-electron chi connectivity index (χ0n) is 22.2. The topological polar surface area (TPSA) is 78.9 Å². The number of methoxy groups -OCH3 is 1. The van der Waals surface area contributed by atoms with Gasteiger partial charge in [-0.15, -0.1) is 0 Å². The van der Waals surface area contributed by atoms with Crippen molar-refractivity contribution in [1.29, 1.82) is 0 Å². The van der Waals surface area contributed by atoms with Gasteiger partial charge in [0.15, 0.2) is 0 Å². The summed E-state index contributed by atoms with van der Waals surface area (Å²) in [6, 6.07) is 0. The zero-order chi connectivity index (χ0) is 25.9. The summed E-state index contributed by atoms with van der Waals surface area (Å²) < 4.78 is 15.9. The van der Waals surface area contributed by atoms with Crippen LogP contribution in [0.25, 0.3) is 0 Å². The minimum absolute atomic E-state index is 0.151. The van der Waals surface area contributed by atoms with Crippen molar-refractivity contribution in [2.45, 2.75) is 110 Å². The van der Waals surface area contributed by atoms with Crippen molar-refractivity contribution in [3.8, 4) is 0 Å². The van der Waals surface area contributed by atoms with Crippen LogP contribution in [0.5, 0.6) is 0 Å². The molecule has 1 aliphatic rings. The first kappa shape index (κ1) is 30.7. The van der Waals surface area contributed by atoms with Gasteiger partial charge in [-0.3, -0.25) is 14.4 Å². The van der Waals surface area contributed by atoms with Crippen molar-refractivity contribution >= 4 is 17.9 Å². The summed E-state index contributed by atoms with van der Waals surface area (Å²) in [5, 5.41) is 0. The van der Waals surface area contributed by atoms with Crippen LogP contribution in [0.2, 0.25) is 0 Å². The molecule has 0 heterocycles. The molecule has 0 amide bonds. The molecule has 0 aromatic rings. The van der Waals surface area contributed by atoms with Gasteiger partial charge >= 0.3 is 17.9 Å². The first-order chi connectivity index (χ1) is 16.9. The van der Waals surface area contributed by atoms with Gasteiger partial charge in [0.05, 0.1) is 7.11 Å². The molecule has 0 aromatic carbocycles. The quantitative estimate of drug-likeness (QED) is 0.0748. The Hall–Kier alpha value is -2.37. The molecule has 198 valence electrons. The maximum atomic E-state index is 11.7. The molecule has 0 fully saturated rings. The van der Waals surface area contributed by atoms with Gasteiger partial charge in [0, 0.05) is 26.2 Å². The van der Waals surface area contributed by atoms with E-state index in [-0.39, 0.29) is 42.0 Å². The highest BCUT2D eigenvalue weighted by Gasteiger charge is 2.30. The summed E-state index contributed by atoms with van der Waals surface area (Å²) in [5.41, 5.74) is 0. The van der Waals surface area contributed by atoms with Crippen LogP contribution in [0.1, 0.15) is 97.8 Å². The Morgan fingerprint density at radius 1 is 0.886 bits per heavy atom. The van der Waals surface area contributed by atoms with E-state index in [0.717, 1.165) is 32.1 Å². The van der Waals surface area contributed by atoms with Gasteiger partial charge in [-0.25, -0.2) is 0 Å². The molecule has 0 bridgehead atoms. The first-order valence-electron chi connectivity index (χ1n) is 13.3. The number of rotatable bonds is 17. The summed E-state index contributed by atoms with van der Waals surface area (Å²) >= 11 is 0. The second kappa shape index (κ2) is 18.9. The van der Waals surface area contributed by atoms with Crippen LogP contribution in [-0.2, 0) is 28.6 Å². The Bertz CT molecular complexity index is 708. The normalized spacial score (nSPS) is 19.5. The molecule has 4 atom stereocenters. The molecule has 35 heavy (non-hydrogen) atoms. The van der Waals surface area contributed by atoms with Crippen LogP contribution < -0.4 is 0 Å². The van der Waals surface area contributed by atoms with Crippen LogP contribution in [0.15, 0.2) is 36.5 Å². The average molecular weight is 491 g/mol. The number of unbranched alkanes of at least 4 members (excludes halogenated alkanes) is 5. The fourth-order valence-corrected chi connectivity index (χ4v) is 4.56. The number of carbonyl (C=O) groups is 3. The van der Waals surface area contributed by atoms with Gasteiger partial charge < -0.3 is 14.2 Å². The van der Waals surface area contributed by atoms with Crippen LogP contribution in [0.4, 0.5) is 0 Å². The molecular weight excluding hydrogens is 444 g/mol. The van der Waals surface area contributed by atoms with Crippen LogP contribution >= 0.6 is 0 Å². The largest absolute Gasteiger partial charge is 0.469 e. The van der Waals surface area contributed by atoms with E-state index in [1.165, 1.54) is 46.6 Å². The third-order valence-corrected chi connectivity index (χ3v) is 6.38. The molecule has 1 rings (SSSR count). The molecule has 6 heteroatoms. The second-order valence-electron chi connectivity index (χ2n) is 9.36. The van der Waals surface area contributed by atoms with Crippen molar-refractivity contribution in [2.75, 3.05) is 7.11 Å². The van der Waals surface area contributed by atoms with Gasteiger partial charge in [-0.1, -0.05) is 69.4 Å². The number of hydrogen-bond donors (Lipinski definition) is 0. The minimum atomic E-state index is -0.302. The molecule has 0 saturated carbocycles. The van der Waals surface area contributed by atoms with Crippen LogP contribution in [0, 0.1) is 11.8 Å². The van der Waals surface area contributed by atoms with Gasteiger partial charge in [0.1, 0.15) is 12.2 Å². The number of esters is 3. The summed E-state index contributed by atoms with van der Waals surface area (Å²) in [4.78, 5) is 34.7. The first-order valence-corrected chi connectivity index (χ1v) is 13.3. The van der Waals surface area contributed by atoms with Crippen LogP contribution in [-0.4, -0.2) is 37.2 Å². The SMILES string of the molecule is CCCCCCCCC(/C=C/C=C/[C@@H]1CC=CC[C@H]1C(CCCC(=O)OC)OC(C)=O)OC(C)=O. The highest BCUT2D eigenvalue weighted by atomic mass is 16.5. The van der Waals surface area contributed by atoms with E-state index >= 15 is 0 Å². The van der Waals surface area contributed by atoms with Crippen LogP contribution in [0.3, 0.4) is 0 Å². The van der Waals surface area contributed by atoms with Crippen molar-refractivity contribution in [3.05, 3.63) is 36.5 Å². The van der Waals surface area contributed by atoms with Crippen molar-refractivity contribution in [1.82, 2.24) is 0 Å². The van der Waals surface area contributed by atoms with Gasteiger partial charge in [-0.05, 0) is 50.5 Å². The van der Waals surface area contributed by atoms with E-state index in [4.69, 9.17) is 14.2 Å². The molecular formula is C29H46O6. The van der Waals surface area contributed by atoms with E-state index < -0.39 is 0 Å². The predicted octanol–water partition coefficient (Wildman–Crippen LogP) is 6.64. The smallest absolute Gasteiger partial charge is 0.305 e. The number of ether oxygens (including phenoxy) is 3. The Morgan fingerprint density at radius 3 is 2.26 bits per heavy atom. The lowest BCUT2D eigenvalue weighted by Gasteiger charge is -2.33. The summed E-state index contributed by atoms with van der Waals surface area (Å²) in [6.07, 6.45) is 23.2. The van der Waals surface area contributed by atoms with E-state index in [1.54, 1.807) is 0 Å². The van der Waals surface area contributed by atoms with Crippen molar-refractivity contribution < 1.29 is 28.6 Å². The highest BCUT2D eigenvalue weighted by molar-refractivity contribution is 5.69. The van der Waals surface area contributed by atoms with E-state index in [1.807, 2.05) is 18.2 Å². The molecule has 0 N–H and O–H groups in total. The monoisotopic (exact) mass is 490 g/mol. The zero-order valence-corrected chi connectivity index (χ0v) is 22.2. The third kappa shape index (κ3) is 14.6. The Labute approximate surface area is 212 Å². The molecule has 2 unspecified atom stereocenters. The number of carbonyl (C=O) groups excluding carboxylic acids is 3. The lowest BCUT2D eigenvalue weighted by molar-refractivity contribution is -0.150. The third-order valence-electron chi connectivity index (χ3n) is 6.38. The summed E-state index contributed by atoms with van der Waals surface area (Å²) in [6.45, 7) is 5.09. The second-order valence-corrected chi connectivity index (χ2v) is 9.36. The summed E-state index contributed by atoms with van der Waals surface area (Å²) in [7, 11) is 1.38. The molecule has 1 aliphatic carbocycles. The maximum Gasteiger partial charge on any atom is 0.305 e. The Balaban J connectivity index is 2.71. The lowest BCUT2D eigenvalue weighted by Crippen LogP contribution is -2.32. The Kier molecular flexibility index (Phi) is 16.6. The standard InChI is InChI=1S/C29H46O6/c1-5-6-7-8-9-10-18-26(34-23(2)30)19-13-11-16-25-17-12-14-20-27(25)28(35-24(3)31)21-15-22-29(32)33-4/h11-14,16,19,25-28H,5-10,15,17-18,20-22H2,1-4H3/b16-11+,19-13+/t25-,26?,27-,28?/m1/s1. The fraction of sp³-hybridized carbons (Fsp3) is 0.690. The molecule has 0 spiro atoms. The predicted molar refractivity (Wildman–Crippen MR) is 139 cm³/mol. The number of hydrogen-bond acceptors (Lipinski definition) is 6. The van der Waals surface area contributed by atoms with E-state index in [2.05, 4.69) is 25.2 Å². The number of allylic oxidation sites excluding steroid dienone is 5. The molecule has 6 nitrogen and oxygen atoms in total. The maximum absolute atomic E-state index is 11.7. The van der Waals surface area contributed by atoms with E-state index in [0.29, 0.717) is 19.3 Å². The highest BCUT2D eigenvalue weighted by Crippen LogP contribution is 2.33. The molecule has 0 aliphatic heterocycles. The summed E-state index contributed by atoms with van der Waals surface area (Å²) in [5.74, 6) is -0.441. The lowest BCUT2D eigenvalue weighted by atomic mass is 9.78. The fourth-order valence-electron chi connectivity index (χ4n) is 4.56. The molecule has 0 radical (unpaired) electrons. The van der Waals surface area contributed by atoms with Crippen molar-refractivity contribution in [3.63, 3.8) is 0 Å². The van der Waals surface area contributed by atoms with E-state index in [9.17, 15) is 14.4 Å². The average Bonchev–Trinajstić information content (AvgIpc) is 2.82. The minimum Gasteiger partial charge on any atom is -0.469 e. The molecule has 0 aromatic heterocycles. The van der Waals surface area contributed by atoms with Crippen molar-refractivity contribution in [2.24, 2.45) is 11.8 Å². The molecule has 0 saturated heterocycles. The van der Waals surface area contributed by atoms with Gasteiger partial charge in [-0.2, -0.15) is 0 Å². The van der Waals surface area contributed by atoms with Gasteiger partial charge in [0.2, 0.25) is 0 Å².